The van der Waals surface area contributed by atoms with Crippen LogP contribution >= 0.6 is 11.3 Å². The number of benzene rings is 3. The predicted molar refractivity (Wildman–Crippen MR) is 119 cm³/mol. The number of carbonyl (C=O) groups excluding carboxylic acids is 1. The molecule has 0 radical (unpaired) electrons. The Labute approximate surface area is 178 Å². The molecule has 0 spiro atoms. The summed E-state index contributed by atoms with van der Waals surface area (Å²) in [5.41, 5.74) is 3.41. The van der Waals surface area contributed by atoms with E-state index in [-0.39, 0.29) is 5.91 Å². The van der Waals surface area contributed by atoms with E-state index in [1.165, 1.54) is 11.3 Å². The molecule has 0 aliphatic heterocycles. The summed E-state index contributed by atoms with van der Waals surface area (Å²) in [6.07, 6.45) is 0. The predicted octanol–water partition coefficient (Wildman–Crippen LogP) is 5.65. The van der Waals surface area contributed by atoms with Gasteiger partial charge in [0.05, 0.1) is 12.8 Å². The monoisotopic (exact) mass is 416 g/mol. The van der Waals surface area contributed by atoms with E-state index >= 15 is 0 Å². The van der Waals surface area contributed by atoms with Gasteiger partial charge in [0.15, 0.2) is 5.13 Å². The van der Waals surface area contributed by atoms with Crippen molar-refractivity contribution in [2.24, 2.45) is 0 Å². The van der Waals surface area contributed by atoms with Gasteiger partial charge in [-0.05, 0) is 54.1 Å². The molecule has 0 bridgehead atoms. The molecule has 6 heteroatoms. The van der Waals surface area contributed by atoms with Crippen molar-refractivity contribution in [1.29, 1.82) is 0 Å². The Bertz CT molecular complexity index is 1110. The number of methoxy groups -OCH3 is 1. The zero-order valence-corrected chi connectivity index (χ0v) is 17.2. The zero-order valence-electron chi connectivity index (χ0n) is 16.4. The molecule has 0 saturated heterocycles. The summed E-state index contributed by atoms with van der Waals surface area (Å²) in [6, 6.07) is 24.7. The number of thiazole rings is 1. The molecule has 1 amide bonds. The third-order valence-corrected chi connectivity index (χ3v) is 5.23. The SMILES string of the molecule is COc1ccc(-c2csc(NC(=O)c3ccc(OCc4ccccc4)cc3)n2)cc1. The lowest BCUT2D eigenvalue weighted by molar-refractivity contribution is 0.102. The molecule has 4 aromatic rings. The number of anilines is 1. The highest BCUT2D eigenvalue weighted by Gasteiger charge is 2.10. The fourth-order valence-corrected chi connectivity index (χ4v) is 3.55. The summed E-state index contributed by atoms with van der Waals surface area (Å²) < 4.78 is 10.9. The van der Waals surface area contributed by atoms with Crippen molar-refractivity contribution in [2.75, 3.05) is 12.4 Å². The van der Waals surface area contributed by atoms with Gasteiger partial charge in [-0.3, -0.25) is 10.1 Å². The van der Waals surface area contributed by atoms with E-state index in [1.54, 1.807) is 31.4 Å². The summed E-state index contributed by atoms with van der Waals surface area (Å²) in [4.78, 5) is 17.0. The van der Waals surface area contributed by atoms with Crippen LogP contribution < -0.4 is 14.8 Å². The molecule has 1 heterocycles. The van der Waals surface area contributed by atoms with Crippen molar-refractivity contribution >= 4 is 22.4 Å². The van der Waals surface area contributed by atoms with Gasteiger partial charge in [-0.25, -0.2) is 4.98 Å². The van der Waals surface area contributed by atoms with Gasteiger partial charge in [0.2, 0.25) is 0 Å². The maximum Gasteiger partial charge on any atom is 0.257 e. The van der Waals surface area contributed by atoms with E-state index in [1.807, 2.05) is 60.0 Å². The standard InChI is InChI=1S/C24H20N2O3S/c1-28-20-11-7-18(8-12-20)22-16-30-24(25-22)26-23(27)19-9-13-21(14-10-19)29-15-17-5-3-2-4-6-17/h2-14,16H,15H2,1H3,(H,25,26,27). The number of hydrogen-bond acceptors (Lipinski definition) is 5. The van der Waals surface area contributed by atoms with Crippen LogP contribution in [-0.2, 0) is 6.61 Å². The maximum atomic E-state index is 12.5. The number of ether oxygens (including phenoxy) is 2. The Morgan fingerprint density at radius 1 is 0.933 bits per heavy atom. The first-order valence-corrected chi connectivity index (χ1v) is 10.3. The molecule has 0 atom stereocenters. The molecule has 150 valence electrons. The lowest BCUT2D eigenvalue weighted by Gasteiger charge is -2.07. The number of aromatic nitrogens is 1. The van der Waals surface area contributed by atoms with Gasteiger partial charge in [-0.1, -0.05) is 30.3 Å². The average Bonchev–Trinajstić information content (AvgIpc) is 3.27. The van der Waals surface area contributed by atoms with E-state index in [4.69, 9.17) is 9.47 Å². The van der Waals surface area contributed by atoms with Crippen LogP contribution in [-0.4, -0.2) is 18.0 Å². The molecule has 0 saturated carbocycles. The van der Waals surface area contributed by atoms with Crippen molar-refractivity contribution < 1.29 is 14.3 Å². The van der Waals surface area contributed by atoms with Gasteiger partial charge in [-0.15, -0.1) is 11.3 Å². The molecule has 1 N–H and O–H groups in total. The minimum atomic E-state index is -0.208. The van der Waals surface area contributed by atoms with Gasteiger partial charge < -0.3 is 9.47 Å². The molecule has 0 aliphatic carbocycles. The van der Waals surface area contributed by atoms with Gasteiger partial charge in [0.1, 0.15) is 18.1 Å². The lowest BCUT2D eigenvalue weighted by Crippen LogP contribution is -2.11. The van der Waals surface area contributed by atoms with Crippen LogP contribution in [0.5, 0.6) is 11.5 Å². The second-order valence-corrected chi connectivity index (χ2v) is 7.38. The second kappa shape index (κ2) is 9.24. The lowest BCUT2D eigenvalue weighted by atomic mass is 10.2. The van der Waals surface area contributed by atoms with Gasteiger partial charge in [0, 0.05) is 16.5 Å². The number of nitrogens with zero attached hydrogens (tertiary/aromatic N) is 1. The van der Waals surface area contributed by atoms with Crippen LogP contribution in [0.2, 0.25) is 0 Å². The van der Waals surface area contributed by atoms with E-state index in [0.717, 1.165) is 22.6 Å². The van der Waals surface area contributed by atoms with Crippen molar-refractivity contribution in [3.8, 4) is 22.8 Å². The average molecular weight is 417 g/mol. The highest BCUT2D eigenvalue weighted by atomic mass is 32.1. The van der Waals surface area contributed by atoms with E-state index < -0.39 is 0 Å². The second-order valence-electron chi connectivity index (χ2n) is 6.52. The third kappa shape index (κ3) is 4.85. The molecule has 0 fully saturated rings. The molecule has 4 rings (SSSR count). The number of hydrogen-bond donors (Lipinski definition) is 1. The van der Waals surface area contributed by atoms with Crippen molar-refractivity contribution in [2.45, 2.75) is 6.61 Å². The summed E-state index contributed by atoms with van der Waals surface area (Å²) in [5.74, 6) is 1.30. The number of amides is 1. The Morgan fingerprint density at radius 3 is 2.33 bits per heavy atom. The first-order chi connectivity index (χ1) is 14.7. The fraction of sp³-hybridized carbons (Fsp3) is 0.0833. The first-order valence-electron chi connectivity index (χ1n) is 9.39. The van der Waals surface area contributed by atoms with Gasteiger partial charge in [0.25, 0.3) is 5.91 Å². The maximum absolute atomic E-state index is 12.5. The van der Waals surface area contributed by atoms with Gasteiger partial charge >= 0.3 is 0 Å². The zero-order chi connectivity index (χ0) is 20.8. The van der Waals surface area contributed by atoms with Crippen LogP contribution in [0.25, 0.3) is 11.3 Å². The Hall–Kier alpha value is -3.64. The number of rotatable bonds is 7. The van der Waals surface area contributed by atoms with E-state index in [9.17, 15) is 4.79 Å². The molecule has 3 aromatic carbocycles. The molecular weight excluding hydrogens is 396 g/mol. The van der Waals surface area contributed by atoms with Crippen LogP contribution in [0.4, 0.5) is 5.13 Å². The van der Waals surface area contributed by atoms with Gasteiger partial charge in [-0.2, -0.15) is 0 Å². The highest BCUT2D eigenvalue weighted by molar-refractivity contribution is 7.14. The number of carbonyl (C=O) groups is 1. The van der Waals surface area contributed by atoms with Crippen molar-refractivity contribution in [3.05, 3.63) is 95.4 Å². The molecule has 1 aromatic heterocycles. The summed E-state index contributed by atoms with van der Waals surface area (Å²) in [7, 11) is 1.63. The quantitative estimate of drug-likeness (QED) is 0.423. The summed E-state index contributed by atoms with van der Waals surface area (Å²) in [6.45, 7) is 0.486. The minimum Gasteiger partial charge on any atom is -0.497 e. The normalized spacial score (nSPS) is 10.4. The Balaban J connectivity index is 1.36. The molecule has 0 unspecified atom stereocenters. The molecule has 5 nitrogen and oxygen atoms in total. The van der Waals surface area contributed by atoms with E-state index in [0.29, 0.717) is 23.1 Å². The van der Waals surface area contributed by atoms with Crippen molar-refractivity contribution in [3.63, 3.8) is 0 Å². The highest BCUT2D eigenvalue weighted by Crippen LogP contribution is 2.27. The first kappa shape index (κ1) is 19.7. The summed E-state index contributed by atoms with van der Waals surface area (Å²) in [5, 5.41) is 5.32. The van der Waals surface area contributed by atoms with Crippen LogP contribution in [0, 0.1) is 0 Å². The smallest absolute Gasteiger partial charge is 0.257 e. The molecule has 30 heavy (non-hydrogen) atoms. The van der Waals surface area contributed by atoms with E-state index in [2.05, 4.69) is 10.3 Å². The van der Waals surface area contributed by atoms with Crippen LogP contribution in [0.15, 0.2) is 84.2 Å². The Kier molecular flexibility index (Phi) is 6.06. The minimum absolute atomic E-state index is 0.208. The molecule has 0 aliphatic rings. The van der Waals surface area contributed by atoms with Crippen LogP contribution in [0.3, 0.4) is 0 Å². The number of nitrogens with one attached hydrogen (secondary N) is 1. The van der Waals surface area contributed by atoms with Crippen molar-refractivity contribution in [1.82, 2.24) is 4.98 Å². The largest absolute Gasteiger partial charge is 0.497 e. The fourth-order valence-electron chi connectivity index (χ4n) is 2.84. The summed E-state index contributed by atoms with van der Waals surface area (Å²) >= 11 is 1.39. The third-order valence-electron chi connectivity index (χ3n) is 4.48. The molecular formula is C24H20N2O3S. The Morgan fingerprint density at radius 2 is 1.63 bits per heavy atom. The topological polar surface area (TPSA) is 60.5 Å². The van der Waals surface area contributed by atoms with Crippen LogP contribution in [0.1, 0.15) is 15.9 Å².